The molecule has 3 rings (SSSR count). The van der Waals surface area contributed by atoms with E-state index in [0.717, 1.165) is 12.2 Å². The second kappa shape index (κ2) is 5.12. The Balaban J connectivity index is 1.98. The summed E-state index contributed by atoms with van der Waals surface area (Å²) in [5.41, 5.74) is 8.32. The number of rotatable bonds is 2. The maximum absolute atomic E-state index is 5.85. The molecule has 0 amide bonds. The van der Waals surface area contributed by atoms with E-state index in [4.69, 9.17) is 4.74 Å². The lowest BCUT2D eigenvalue weighted by molar-refractivity contribution is 0.0515. The number of fused-ring (bicyclic) bond motifs is 1. The summed E-state index contributed by atoms with van der Waals surface area (Å²) in [6.45, 7) is 15.5. The molecule has 1 aliphatic heterocycles. The van der Waals surface area contributed by atoms with E-state index in [1.807, 2.05) is 0 Å². The Kier molecular flexibility index (Phi) is 3.59. The average Bonchev–Trinajstić information content (AvgIpc) is 2.42. The highest BCUT2D eigenvalue weighted by Crippen LogP contribution is 2.45. The van der Waals surface area contributed by atoms with Gasteiger partial charge in [0, 0.05) is 5.56 Å². The Bertz CT molecular complexity index is 760. The van der Waals surface area contributed by atoms with Gasteiger partial charge in [0.15, 0.2) is 0 Å². The van der Waals surface area contributed by atoms with Gasteiger partial charge >= 0.3 is 0 Å². The van der Waals surface area contributed by atoms with Crippen LogP contribution in [0.2, 0.25) is 0 Å². The minimum absolute atomic E-state index is 0.139. The molecule has 0 saturated carbocycles. The molecule has 0 radical (unpaired) electrons. The first-order valence-corrected chi connectivity index (χ1v) is 8.51. The van der Waals surface area contributed by atoms with E-state index in [9.17, 15) is 0 Å². The molecule has 0 bridgehead atoms. The van der Waals surface area contributed by atoms with Crippen LogP contribution in [0, 0.1) is 13.8 Å². The van der Waals surface area contributed by atoms with Crippen LogP contribution in [-0.4, -0.2) is 0 Å². The minimum atomic E-state index is -0.139. The number of ether oxygens (including phenoxy) is 1. The molecule has 0 spiro atoms. The summed E-state index contributed by atoms with van der Waals surface area (Å²) in [4.78, 5) is 0. The summed E-state index contributed by atoms with van der Waals surface area (Å²) in [5.74, 6) is 1.05. The van der Waals surface area contributed by atoms with Gasteiger partial charge < -0.3 is 4.74 Å². The Morgan fingerprint density at radius 1 is 0.913 bits per heavy atom. The maximum Gasteiger partial charge on any atom is 0.132 e. The van der Waals surface area contributed by atoms with E-state index < -0.39 is 0 Å². The van der Waals surface area contributed by atoms with Crippen LogP contribution in [0.5, 0.6) is 5.75 Å². The fraction of sp³-hybridized carbons (Fsp3) is 0.455. The third kappa shape index (κ3) is 2.89. The fourth-order valence-corrected chi connectivity index (χ4v) is 3.29. The summed E-state index contributed by atoms with van der Waals surface area (Å²) < 4.78 is 5.85. The standard InChI is InChI=1S/C22H28O/c1-14-8-9-18(21(3,4)5)12-16(14)11-17-13-19-20(10-15(17)2)23-22(19,6)7/h8-10,12-13H,11H2,1-7H3. The molecule has 1 heteroatoms. The molecule has 23 heavy (non-hydrogen) atoms. The van der Waals surface area contributed by atoms with Crippen LogP contribution in [0.3, 0.4) is 0 Å². The molecule has 1 nitrogen and oxygen atoms in total. The van der Waals surface area contributed by atoms with Gasteiger partial charge in [-0.2, -0.15) is 0 Å². The van der Waals surface area contributed by atoms with Crippen molar-refractivity contribution >= 4 is 0 Å². The normalized spacial score (nSPS) is 15.6. The minimum Gasteiger partial charge on any atom is -0.483 e. The Labute approximate surface area is 140 Å². The van der Waals surface area contributed by atoms with Gasteiger partial charge in [0.1, 0.15) is 11.4 Å². The van der Waals surface area contributed by atoms with E-state index in [1.54, 1.807) is 0 Å². The zero-order chi connectivity index (χ0) is 17.0. The lowest BCUT2D eigenvalue weighted by atomic mass is 9.83. The number of aryl methyl sites for hydroxylation is 2. The number of hydrogen-bond donors (Lipinski definition) is 0. The zero-order valence-electron chi connectivity index (χ0n) is 15.5. The zero-order valence-corrected chi connectivity index (χ0v) is 15.5. The Morgan fingerprint density at radius 3 is 2.17 bits per heavy atom. The summed E-state index contributed by atoms with van der Waals surface area (Å²) in [5, 5.41) is 0. The van der Waals surface area contributed by atoms with E-state index in [0.29, 0.717) is 0 Å². The summed E-state index contributed by atoms with van der Waals surface area (Å²) in [6.07, 6.45) is 0.991. The molecule has 1 aliphatic rings. The van der Waals surface area contributed by atoms with Crippen molar-refractivity contribution in [2.75, 3.05) is 0 Å². The van der Waals surface area contributed by atoms with Crippen LogP contribution in [0.25, 0.3) is 0 Å². The first-order valence-electron chi connectivity index (χ1n) is 8.51. The van der Waals surface area contributed by atoms with Gasteiger partial charge in [-0.25, -0.2) is 0 Å². The summed E-state index contributed by atoms with van der Waals surface area (Å²) in [6, 6.07) is 11.5. The monoisotopic (exact) mass is 308 g/mol. The highest BCUT2D eigenvalue weighted by atomic mass is 16.5. The molecular formula is C22H28O. The second-order valence-corrected chi connectivity index (χ2v) is 8.46. The summed E-state index contributed by atoms with van der Waals surface area (Å²) in [7, 11) is 0. The van der Waals surface area contributed by atoms with Crippen molar-refractivity contribution in [1.29, 1.82) is 0 Å². The van der Waals surface area contributed by atoms with Crippen molar-refractivity contribution in [3.63, 3.8) is 0 Å². The molecule has 2 aromatic carbocycles. The highest BCUT2D eigenvalue weighted by molar-refractivity contribution is 5.52. The molecule has 0 unspecified atom stereocenters. The van der Waals surface area contributed by atoms with Gasteiger partial charge in [-0.05, 0) is 79.5 Å². The topological polar surface area (TPSA) is 9.23 Å². The lowest BCUT2D eigenvalue weighted by Gasteiger charge is -2.39. The van der Waals surface area contributed by atoms with Gasteiger partial charge in [0.2, 0.25) is 0 Å². The van der Waals surface area contributed by atoms with Crippen LogP contribution in [-0.2, 0) is 17.4 Å². The van der Waals surface area contributed by atoms with Crippen molar-refractivity contribution in [2.24, 2.45) is 0 Å². The van der Waals surface area contributed by atoms with E-state index in [-0.39, 0.29) is 11.0 Å². The molecule has 0 atom stereocenters. The van der Waals surface area contributed by atoms with Crippen molar-refractivity contribution in [2.45, 2.75) is 65.9 Å². The van der Waals surface area contributed by atoms with Gasteiger partial charge in [0.25, 0.3) is 0 Å². The Hall–Kier alpha value is -1.76. The molecule has 0 fully saturated rings. The highest BCUT2D eigenvalue weighted by Gasteiger charge is 2.36. The van der Waals surface area contributed by atoms with Gasteiger partial charge in [-0.3, -0.25) is 0 Å². The van der Waals surface area contributed by atoms with Crippen molar-refractivity contribution < 1.29 is 4.74 Å². The largest absolute Gasteiger partial charge is 0.483 e. The van der Waals surface area contributed by atoms with Crippen LogP contribution < -0.4 is 4.74 Å². The fourth-order valence-electron chi connectivity index (χ4n) is 3.29. The van der Waals surface area contributed by atoms with E-state index in [1.165, 1.54) is 33.4 Å². The lowest BCUT2D eigenvalue weighted by Crippen LogP contribution is -2.35. The summed E-state index contributed by atoms with van der Waals surface area (Å²) >= 11 is 0. The van der Waals surface area contributed by atoms with Crippen molar-refractivity contribution in [1.82, 2.24) is 0 Å². The van der Waals surface area contributed by atoms with Crippen LogP contribution in [0.4, 0.5) is 0 Å². The van der Waals surface area contributed by atoms with Gasteiger partial charge in [-0.1, -0.05) is 39.0 Å². The number of benzene rings is 2. The third-order valence-corrected chi connectivity index (χ3v) is 5.05. The first kappa shape index (κ1) is 16.1. The first-order chi connectivity index (χ1) is 10.6. The molecule has 2 aromatic rings. The molecular weight excluding hydrogens is 280 g/mol. The Morgan fingerprint density at radius 2 is 1.57 bits per heavy atom. The molecule has 1 heterocycles. The van der Waals surface area contributed by atoms with E-state index >= 15 is 0 Å². The molecule has 122 valence electrons. The predicted molar refractivity (Wildman–Crippen MR) is 97.5 cm³/mol. The van der Waals surface area contributed by atoms with Crippen LogP contribution in [0.15, 0.2) is 30.3 Å². The predicted octanol–water partition coefficient (Wildman–Crippen LogP) is 5.82. The quantitative estimate of drug-likeness (QED) is 0.679. The molecule has 0 saturated heterocycles. The molecule has 0 aliphatic carbocycles. The molecule has 0 aromatic heterocycles. The molecule has 0 N–H and O–H groups in total. The average molecular weight is 308 g/mol. The van der Waals surface area contributed by atoms with Crippen LogP contribution in [0.1, 0.15) is 68.0 Å². The maximum atomic E-state index is 5.85. The van der Waals surface area contributed by atoms with Gasteiger partial charge in [-0.15, -0.1) is 0 Å². The number of hydrogen-bond acceptors (Lipinski definition) is 1. The van der Waals surface area contributed by atoms with Gasteiger partial charge in [0.05, 0.1) is 0 Å². The second-order valence-electron chi connectivity index (χ2n) is 8.46. The van der Waals surface area contributed by atoms with E-state index in [2.05, 4.69) is 78.8 Å². The smallest absolute Gasteiger partial charge is 0.132 e. The third-order valence-electron chi connectivity index (χ3n) is 5.05. The SMILES string of the molecule is Cc1ccc(C(C)(C)C)cc1Cc1cc2c(cc1C)OC2(C)C. The van der Waals surface area contributed by atoms with Crippen molar-refractivity contribution in [3.05, 3.63) is 63.7 Å². The van der Waals surface area contributed by atoms with Crippen LogP contribution >= 0.6 is 0 Å². The van der Waals surface area contributed by atoms with Crippen molar-refractivity contribution in [3.8, 4) is 5.75 Å².